The van der Waals surface area contributed by atoms with Crippen molar-refractivity contribution in [2.75, 3.05) is 19.6 Å². The van der Waals surface area contributed by atoms with E-state index in [-0.39, 0.29) is 10.9 Å². The second-order valence-electron chi connectivity index (χ2n) is 5.79. The molecule has 1 aromatic rings. The molecule has 0 aromatic heterocycles. The van der Waals surface area contributed by atoms with Crippen molar-refractivity contribution >= 4 is 10.0 Å². The van der Waals surface area contributed by atoms with Gasteiger partial charge in [-0.05, 0) is 57.8 Å². The van der Waals surface area contributed by atoms with E-state index in [1.54, 1.807) is 6.07 Å². The largest absolute Gasteiger partial charge is 0.317 e. The Kier molecular flexibility index (Phi) is 5.35. The number of benzene rings is 1. The van der Waals surface area contributed by atoms with Gasteiger partial charge < -0.3 is 5.32 Å². The lowest BCUT2D eigenvalue weighted by atomic mass is 9.98. The fourth-order valence-corrected chi connectivity index (χ4v) is 4.47. The van der Waals surface area contributed by atoms with E-state index in [2.05, 4.69) is 5.32 Å². The van der Waals surface area contributed by atoms with E-state index < -0.39 is 15.8 Å². The van der Waals surface area contributed by atoms with Crippen molar-refractivity contribution in [3.05, 3.63) is 30.1 Å². The zero-order valence-corrected chi connectivity index (χ0v) is 13.4. The topological polar surface area (TPSA) is 49.4 Å². The summed E-state index contributed by atoms with van der Waals surface area (Å²) in [5, 5.41) is 3.27. The van der Waals surface area contributed by atoms with Crippen LogP contribution in [0.5, 0.6) is 0 Å². The fraction of sp³-hybridized carbons (Fsp3) is 0.600. The summed E-state index contributed by atoms with van der Waals surface area (Å²) in [6, 6.07) is 5.39. The minimum Gasteiger partial charge on any atom is -0.317 e. The Morgan fingerprint density at radius 2 is 1.90 bits per heavy atom. The number of hydrogen-bond acceptors (Lipinski definition) is 3. The molecule has 0 atom stereocenters. The molecule has 1 fully saturated rings. The van der Waals surface area contributed by atoms with Crippen molar-refractivity contribution in [1.82, 2.24) is 9.62 Å². The van der Waals surface area contributed by atoms with E-state index in [1.807, 2.05) is 13.8 Å². The summed E-state index contributed by atoms with van der Waals surface area (Å²) in [4.78, 5) is -0.229. The lowest BCUT2D eigenvalue weighted by Gasteiger charge is -2.32. The Labute approximate surface area is 126 Å². The molecule has 1 aliphatic heterocycles. The van der Waals surface area contributed by atoms with Crippen molar-refractivity contribution in [3.63, 3.8) is 0 Å². The van der Waals surface area contributed by atoms with E-state index in [4.69, 9.17) is 0 Å². The monoisotopic (exact) mass is 314 g/mol. The van der Waals surface area contributed by atoms with Crippen LogP contribution in [-0.4, -0.2) is 38.4 Å². The van der Waals surface area contributed by atoms with Crippen LogP contribution in [0.15, 0.2) is 29.2 Å². The molecule has 0 saturated carbocycles. The molecular formula is C15H23FN2O2S. The number of nitrogens with one attached hydrogen (secondary N) is 1. The van der Waals surface area contributed by atoms with Gasteiger partial charge in [-0.2, -0.15) is 4.31 Å². The number of nitrogens with zero attached hydrogens (tertiary/aromatic N) is 1. The molecule has 1 aromatic carbocycles. The van der Waals surface area contributed by atoms with E-state index in [1.165, 1.54) is 22.5 Å². The SMILES string of the molecule is CC(C)N(CC1CCNCC1)S(=O)(=O)c1ccccc1F. The van der Waals surface area contributed by atoms with Crippen LogP contribution in [0.25, 0.3) is 0 Å². The molecule has 21 heavy (non-hydrogen) atoms. The van der Waals surface area contributed by atoms with Crippen molar-refractivity contribution in [2.24, 2.45) is 5.92 Å². The maximum Gasteiger partial charge on any atom is 0.246 e. The van der Waals surface area contributed by atoms with Crippen LogP contribution in [-0.2, 0) is 10.0 Å². The summed E-state index contributed by atoms with van der Waals surface area (Å²) in [5.74, 6) is -0.358. The third kappa shape index (κ3) is 3.81. The molecule has 0 unspecified atom stereocenters. The number of sulfonamides is 1. The van der Waals surface area contributed by atoms with Crippen LogP contribution < -0.4 is 5.32 Å². The van der Waals surface area contributed by atoms with Crippen LogP contribution in [0.4, 0.5) is 4.39 Å². The molecule has 0 bridgehead atoms. The first kappa shape index (κ1) is 16.4. The Bertz CT molecular complexity index is 569. The fourth-order valence-electron chi connectivity index (χ4n) is 2.69. The van der Waals surface area contributed by atoms with Gasteiger partial charge in [0.2, 0.25) is 10.0 Å². The Balaban J connectivity index is 2.26. The van der Waals surface area contributed by atoms with Crippen LogP contribution in [0, 0.1) is 11.7 Å². The molecule has 6 heteroatoms. The molecule has 1 heterocycles. The minimum absolute atomic E-state index is 0.190. The van der Waals surface area contributed by atoms with Gasteiger partial charge in [0.05, 0.1) is 0 Å². The highest BCUT2D eigenvalue weighted by Gasteiger charge is 2.31. The third-order valence-electron chi connectivity index (χ3n) is 3.90. The first-order chi connectivity index (χ1) is 9.93. The van der Waals surface area contributed by atoms with Crippen molar-refractivity contribution in [3.8, 4) is 0 Å². The molecule has 1 N–H and O–H groups in total. The molecule has 2 rings (SSSR count). The summed E-state index contributed by atoms with van der Waals surface area (Å²) in [6.45, 7) is 5.95. The maximum absolute atomic E-state index is 13.9. The predicted octanol–water partition coefficient (Wildman–Crippen LogP) is 2.22. The normalized spacial score (nSPS) is 17.6. The van der Waals surface area contributed by atoms with Crippen LogP contribution in [0.2, 0.25) is 0 Å². The minimum atomic E-state index is -3.79. The van der Waals surface area contributed by atoms with Crippen molar-refractivity contribution < 1.29 is 12.8 Å². The van der Waals surface area contributed by atoms with Crippen LogP contribution in [0.1, 0.15) is 26.7 Å². The van der Waals surface area contributed by atoms with Gasteiger partial charge in [0.1, 0.15) is 10.7 Å². The average molecular weight is 314 g/mol. The number of rotatable bonds is 5. The summed E-state index contributed by atoms with van der Waals surface area (Å²) in [5.41, 5.74) is 0. The molecular weight excluding hydrogens is 291 g/mol. The zero-order chi connectivity index (χ0) is 15.5. The Morgan fingerprint density at radius 1 is 1.29 bits per heavy atom. The van der Waals surface area contributed by atoms with Crippen LogP contribution >= 0.6 is 0 Å². The quantitative estimate of drug-likeness (QED) is 0.906. The van der Waals surface area contributed by atoms with E-state index in [0.29, 0.717) is 12.5 Å². The zero-order valence-electron chi connectivity index (χ0n) is 12.5. The number of hydrogen-bond donors (Lipinski definition) is 1. The first-order valence-electron chi connectivity index (χ1n) is 7.40. The molecule has 0 radical (unpaired) electrons. The average Bonchev–Trinajstić information content (AvgIpc) is 2.45. The van der Waals surface area contributed by atoms with Gasteiger partial charge >= 0.3 is 0 Å². The smallest absolute Gasteiger partial charge is 0.246 e. The van der Waals surface area contributed by atoms with E-state index >= 15 is 0 Å². The van der Waals surface area contributed by atoms with Gasteiger partial charge in [-0.3, -0.25) is 0 Å². The Morgan fingerprint density at radius 3 is 2.48 bits per heavy atom. The molecule has 118 valence electrons. The van der Waals surface area contributed by atoms with Gasteiger partial charge in [-0.25, -0.2) is 12.8 Å². The van der Waals surface area contributed by atoms with Gasteiger partial charge in [-0.15, -0.1) is 0 Å². The van der Waals surface area contributed by atoms with E-state index in [0.717, 1.165) is 25.9 Å². The highest BCUT2D eigenvalue weighted by atomic mass is 32.2. The molecule has 1 saturated heterocycles. The van der Waals surface area contributed by atoms with Crippen molar-refractivity contribution in [2.45, 2.75) is 37.6 Å². The number of piperidine rings is 1. The summed E-state index contributed by atoms with van der Waals surface area (Å²) < 4.78 is 40.8. The van der Waals surface area contributed by atoms with Crippen LogP contribution in [0.3, 0.4) is 0 Å². The van der Waals surface area contributed by atoms with Gasteiger partial charge in [0.25, 0.3) is 0 Å². The van der Waals surface area contributed by atoms with E-state index in [9.17, 15) is 12.8 Å². The molecule has 0 spiro atoms. The Hall–Kier alpha value is -0.980. The lowest BCUT2D eigenvalue weighted by Crippen LogP contribution is -2.43. The highest BCUT2D eigenvalue weighted by Crippen LogP contribution is 2.24. The second kappa shape index (κ2) is 6.85. The third-order valence-corrected chi connectivity index (χ3v) is 5.97. The molecule has 1 aliphatic rings. The summed E-state index contributed by atoms with van der Waals surface area (Å²) >= 11 is 0. The lowest BCUT2D eigenvalue weighted by molar-refractivity contribution is 0.260. The predicted molar refractivity (Wildman–Crippen MR) is 81.0 cm³/mol. The number of halogens is 1. The highest BCUT2D eigenvalue weighted by molar-refractivity contribution is 7.89. The van der Waals surface area contributed by atoms with Crippen molar-refractivity contribution in [1.29, 1.82) is 0 Å². The maximum atomic E-state index is 13.9. The van der Waals surface area contributed by atoms with Gasteiger partial charge in [0.15, 0.2) is 0 Å². The molecule has 0 amide bonds. The second-order valence-corrected chi connectivity index (χ2v) is 7.65. The summed E-state index contributed by atoms with van der Waals surface area (Å²) in [7, 11) is -3.79. The molecule has 0 aliphatic carbocycles. The molecule has 4 nitrogen and oxygen atoms in total. The summed E-state index contributed by atoms with van der Waals surface area (Å²) in [6.07, 6.45) is 1.91. The van der Waals surface area contributed by atoms with Gasteiger partial charge in [-0.1, -0.05) is 12.1 Å². The van der Waals surface area contributed by atoms with Gasteiger partial charge in [0, 0.05) is 12.6 Å². The standard InChI is InChI=1S/C15H23FN2O2S/c1-12(2)18(11-13-7-9-17-10-8-13)21(19,20)15-6-4-3-5-14(15)16/h3-6,12-13,17H,7-11H2,1-2H3. The first-order valence-corrected chi connectivity index (χ1v) is 8.84.